The molecule has 3 atom stereocenters. The molecule has 3 unspecified atom stereocenters. The van der Waals surface area contributed by atoms with Gasteiger partial charge in [0.2, 0.25) is 0 Å². The van der Waals surface area contributed by atoms with Gasteiger partial charge in [0.15, 0.2) is 0 Å². The molecule has 2 aliphatic rings. The third-order valence-electron chi connectivity index (χ3n) is 4.50. The summed E-state index contributed by atoms with van der Waals surface area (Å²) in [6.45, 7) is 3.75. The molecule has 2 N–H and O–H groups in total. The van der Waals surface area contributed by atoms with Crippen LogP contribution < -0.4 is 5.32 Å². The molecule has 0 amide bonds. The lowest BCUT2D eigenvalue weighted by molar-refractivity contribution is -0.142. The molecule has 2 radical (unpaired) electrons. The largest absolute Gasteiger partial charge is 0.481 e. The number of hydrogen-bond donors (Lipinski definition) is 2. The number of likely N-dealkylation sites (tertiary alicyclic amines) is 1. The summed E-state index contributed by atoms with van der Waals surface area (Å²) >= 11 is 0. The monoisotopic (exact) mass is 264 g/mol. The van der Waals surface area contributed by atoms with E-state index in [2.05, 4.69) is 10.2 Å². The molecule has 2 heterocycles. The Balaban J connectivity index is 1.83. The normalized spacial score (nSPS) is 32.5. The van der Waals surface area contributed by atoms with Crippen LogP contribution in [0.5, 0.6) is 0 Å². The van der Waals surface area contributed by atoms with E-state index in [9.17, 15) is 9.90 Å². The number of nitrogens with zero attached hydrogens (tertiary/aromatic N) is 1. The van der Waals surface area contributed by atoms with Crippen molar-refractivity contribution in [2.24, 2.45) is 11.8 Å². The Labute approximate surface area is 117 Å². The minimum absolute atomic E-state index is 0.199. The lowest BCUT2D eigenvalue weighted by Gasteiger charge is -2.28. The topological polar surface area (TPSA) is 52.6 Å². The molecule has 19 heavy (non-hydrogen) atoms. The van der Waals surface area contributed by atoms with Gasteiger partial charge in [-0.05, 0) is 31.7 Å². The molecule has 0 saturated carbocycles. The van der Waals surface area contributed by atoms with Crippen LogP contribution in [0, 0.1) is 11.8 Å². The van der Waals surface area contributed by atoms with Gasteiger partial charge in [-0.1, -0.05) is 19.2 Å². The summed E-state index contributed by atoms with van der Waals surface area (Å²) in [6.07, 6.45) is 6.33. The first-order chi connectivity index (χ1) is 9.20. The van der Waals surface area contributed by atoms with E-state index in [4.69, 9.17) is 7.85 Å². The number of piperidine rings is 1. The van der Waals surface area contributed by atoms with Crippen molar-refractivity contribution in [1.82, 2.24) is 10.2 Å². The Morgan fingerprint density at radius 3 is 2.84 bits per heavy atom. The molecule has 2 saturated heterocycles. The Bertz CT molecular complexity index is 295. The van der Waals surface area contributed by atoms with Crippen molar-refractivity contribution in [2.45, 2.75) is 44.5 Å². The SMILES string of the molecule is [B]CCCC1CN(CC2CCCCN2)CC1C(=O)O. The van der Waals surface area contributed by atoms with Crippen molar-refractivity contribution in [1.29, 1.82) is 0 Å². The fourth-order valence-corrected chi connectivity index (χ4v) is 3.45. The van der Waals surface area contributed by atoms with E-state index in [1.165, 1.54) is 19.3 Å². The van der Waals surface area contributed by atoms with Gasteiger partial charge in [0.1, 0.15) is 0 Å². The van der Waals surface area contributed by atoms with E-state index in [0.717, 1.165) is 32.5 Å². The fraction of sp³-hybridized carbons (Fsp3) is 0.929. The molecule has 106 valence electrons. The van der Waals surface area contributed by atoms with Crippen molar-refractivity contribution in [2.75, 3.05) is 26.2 Å². The minimum Gasteiger partial charge on any atom is -0.481 e. The smallest absolute Gasteiger partial charge is 0.308 e. The van der Waals surface area contributed by atoms with Crippen LogP contribution in [-0.4, -0.2) is 56.0 Å². The molecule has 2 rings (SSSR count). The Morgan fingerprint density at radius 1 is 1.37 bits per heavy atom. The first-order valence-electron chi connectivity index (χ1n) is 7.59. The number of rotatable bonds is 6. The van der Waals surface area contributed by atoms with Gasteiger partial charge in [-0.3, -0.25) is 4.79 Å². The molecule has 0 aromatic heterocycles. The quantitative estimate of drug-likeness (QED) is 0.706. The fourth-order valence-electron chi connectivity index (χ4n) is 3.45. The zero-order valence-electron chi connectivity index (χ0n) is 11.7. The molecule has 5 heteroatoms. The predicted molar refractivity (Wildman–Crippen MR) is 76.5 cm³/mol. The third-order valence-corrected chi connectivity index (χ3v) is 4.50. The average molecular weight is 264 g/mol. The van der Waals surface area contributed by atoms with Gasteiger partial charge in [0, 0.05) is 25.7 Å². The van der Waals surface area contributed by atoms with Crippen LogP contribution in [0.3, 0.4) is 0 Å². The van der Waals surface area contributed by atoms with E-state index in [1.54, 1.807) is 0 Å². The summed E-state index contributed by atoms with van der Waals surface area (Å²) in [5.74, 6) is -0.555. The molecular weight excluding hydrogens is 239 g/mol. The van der Waals surface area contributed by atoms with Crippen LogP contribution in [0.2, 0.25) is 6.32 Å². The van der Waals surface area contributed by atoms with Gasteiger partial charge in [0.25, 0.3) is 0 Å². The summed E-state index contributed by atoms with van der Waals surface area (Å²) in [5.41, 5.74) is 0. The van der Waals surface area contributed by atoms with Gasteiger partial charge >= 0.3 is 5.97 Å². The van der Waals surface area contributed by atoms with Crippen LogP contribution in [0.15, 0.2) is 0 Å². The van der Waals surface area contributed by atoms with Crippen molar-refractivity contribution < 1.29 is 9.90 Å². The third kappa shape index (κ3) is 4.21. The molecule has 0 aliphatic carbocycles. The average Bonchev–Trinajstić information content (AvgIpc) is 2.80. The highest BCUT2D eigenvalue weighted by molar-refractivity contribution is 6.08. The Kier molecular flexibility index (Phi) is 5.70. The predicted octanol–water partition coefficient (Wildman–Crippen LogP) is 1.13. The van der Waals surface area contributed by atoms with Crippen LogP contribution >= 0.6 is 0 Å². The van der Waals surface area contributed by atoms with Gasteiger partial charge in [-0.15, -0.1) is 0 Å². The standard InChI is InChI=1S/C14H25BN2O2/c15-6-3-4-11-8-17(10-13(11)14(18)19)9-12-5-1-2-7-16-12/h11-13,16H,1-10H2,(H,18,19). The van der Waals surface area contributed by atoms with Gasteiger partial charge < -0.3 is 15.3 Å². The zero-order valence-corrected chi connectivity index (χ0v) is 11.7. The second-order valence-corrected chi connectivity index (χ2v) is 6.00. The molecule has 2 fully saturated rings. The minimum atomic E-state index is -0.638. The highest BCUT2D eigenvalue weighted by Gasteiger charge is 2.37. The molecule has 4 nitrogen and oxygen atoms in total. The lowest BCUT2D eigenvalue weighted by atomic mass is 9.88. The summed E-state index contributed by atoms with van der Waals surface area (Å²) in [4.78, 5) is 13.7. The van der Waals surface area contributed by atoms with Crippen LogP contribution in [0.1, 0.15) is 32.1 Å². The van der Waals surface area contributed by atoms with Crippen molar-refractivity contribution in [3.8, 4) is 0 Å². The van der Waals surface area contributed by atoms with E-state index < -0.39 is 5.97 Å². The second kappa shape index (κ2) is 7.29. The maximum absolute atomic E-state index is 11.3. The molecule has 0 spiro atoms. The first-order valence-corrected chi connectivity index (χ1v) is 7.59. The number of carbonyl (C=O) groups is 1. The van der Waals surface area contributed by atoms with E-state index in [0.29, 0.717) is 18.9 Å². The van der Waals surface area contributed by atoms with E-state index in [1.807, 2.05) is 0 Å². The van der Waals surface area contributed by atoms with Crippen molar-refractivity contribution >= 4 is 13.8 Å². The number of hydrogen-bond acceptors (Lipinski definition) is 3. The second-order valence-electron chi connectivity index (χ2n) is 6.00. The number of nitrogens with one attached hydrogen (secondary N) is 1. The highest BCUT2D eigenvalue weighted by Crippen LogP contribution is 2.28. The Morgan fingerprint density at radius 2 is 2.21 bits per heavy atom. The van der Waals surface area contributed by atoms with Gasteiger partial charge in [-0.25, -0.2) is 0 Å². The Hall–Kier alpha value is -0.545. The van der Waals surface area contributed by atoms with Gasteiger partial charge in [-0.2, -0.15) is 0 Å². The van der Waals surface area contributed by atoms with Crippen LogP contribution in [0.25, 0.3) is 0 Å². The molecule has 0 aromatic carbocycles. The number of carboxylic acid groups (broad SMARTS) is 1. The summed E-state index contributed by atoms with van der Waals surface area (Å²) < 4.78 is 0. The zero-order chi connectivity index (χ0) is 13.7. The highest BCUT2D eigenvalue weighted by atomic mass is 16.4. The maximum Gasteiger partial charge on any atom is 0.308 e. The van der Waals surface area contributed by atoms with E-state index >= 15 is 0 Å². The van der Waals surface area contributed by atoms with Crippen molar-refractivity contribution in [3.63, 3.8) is 0 Å². The molecule has 2 aliphatic heterocycles. The molecule has 0 aromatic rings. The van der Waals surface area contributed by atoms with E-state index in [-0.39, 0.29) is 11.8 Å². The lowest BCUT2D eigenvalue weighted by Crippen LogP contribution is -2.43. The molecular formula is C14H25BN2O2. The van der Waals surface area contributed by atoms with Crippen LogP contribution in [-0.2, 0) is 4.79 Å². The van der Waals surface area contributed by atoms with Crippen LogP contribution in [0.4, 0.5) is 0 Å². The summed E-state index contributed by atoms with van der Waals surface area (Å²) in [7, 11) is 5.54. The summed E-state index contributed by atoms with van der Waals surface area (Å²) in [5, 5.41) is 12.9. The number of aliphatic carboxylic acids is 1. The summed E-state index contributed by atoms with van der Waals surface area (Å²) in [6, 6.07) is 0.552. The maximum atomic E-state index is 11.3. The first kappa shape index (κ1) is 14.9. The number of carboxylic acids is 1. The van der Waals surface area contributed by atoms with Crippen molar-refractivity contribution in [3.05, 3.63) is 0 Å². The van der Waals surface area contributed by atoms with Gasteiger partial charge in [0.05, 0.1) is 13.8 Å². The molecule has 0 bridgehead atoms.